The molecular weight excluding hydrogens is 370 g/mol. The fourth-order valence-electron chi connectivity index (χ4n) is 3.33. The molecule has 1 aliphatic rings. The van der Waals surface area contributed by atoms with Crippen LogP contribution in [-0.4, -0.2) is 30.7 Å². The minimum atomic E-state index is -0.618. The molecule has 0 saturated carbocycles. The number of para-hydroxylation sites is 2. The van der Waals surface area contributed by atoms with Crippen molar-refractivity contribution < 1.29 is 23.8 Å². The molecule has 6 nitrogen and oxygen atoms in total. The molecule has 0 spiro atoms. The standard InChI is InChI=1S/C23H27NO5/c1-15(2)17-9-5-6-10-18(17)24-20(25)13-28-21(26)14-27-19-11-7-8-16-12-23(3,4)29-22(16)19/h5-11,15H,12-14H2,1-4H3,(H,24,25). The van der Waals surface area contributed by atoms with Crippen LogP contribution in [0.1, 0.15) is 44.7 Å². The van der Waals surface area contributed by atoms with Gasteiger partial charge in [0.15, 0.2) is 24.7 Å². The quantitative estimate of drug-likeness (QED) is 0.713. The molecule has 29 heavy (non-hydrogen) atoms. The molecule has 0 aromatic heterocycles. The zero-order valence-corrected chi connectivity index (χ0v) is 17.3. The lowest BCUT2D eigenvalue weighted by Crippen LogP contribution is -2.25. The molecule has 0 aliphatic carbocycles. The number of carbonyl (C=O) groups excluding carboxylic acids is 2. The van der Waals surface area contributed by atoms with Crippen molar-refractivity contribution in [3.05, 3.63) is 53.6 Å². The largest absolute Gasteiger partial charge is 0.483 e. The molecule has 1 heterocycles. The monoisotopic (exact) mass is 397 g/mol. The molecule has 1 aliphatic heterocycles. The number of carbonyl (C=O) groups is 2. The number of nitrogens with one attached hydrogen (secondary N) is 1. The first-order chi connectivity index (χ1) is 13.7. The zero-order valence-electron chi connectivity index (χ0n) is 17.3. The summed E-state index contributed by atoms with van der Waals surface area (Å²) in [6.45, 7) is 7.43. The van der Waals surface area contributed by atoms with E-state index >= 15 is 0 Å². The van der Waals surface area contributed by atoms with Gasteiger partial charge in [0.05, 0.1) is 0 Å². The molecule has 1 N–H and O–H groups in total. The van der Waals surface area contributed by atoms with Crippen LogP contribution in [0.3, 0.4) is 0 Å². The van der Waals surface area contributed by atoms with Gasteiger partial charge in [-0.2, -0.15) is 0 Å². The van der Waals surface area contributed by atoms with E-state index in [0.29, 0.717) is 11.5 Å². The second kappa shape index (κ2) is 8.55. The smallest absolute Gasteiger partial charge is 0.344 e. The van der Waals surface area contributed by atoms with E-state index in [2.05, 4.69) is 5.32 Å². The van der Waals surface area contributed by atoms with Gasteiger partial charge in [0, 0.05) is 17.7 Å². The van der Waals surface area contributed by atoms with Crippen LogP contribution in [0.5, 0.6) is 11.5 Å². The molecule has 0 unspecified atom stereocenters. The summed E-state index contributed by atoms with van der Waals surface area (Å²) in [5, 5.41) is 2.79. The first kappa shape index (κ1) is 20.7. The SMILES string of the molecule is CC(C)c1ccccc1NC(=O)COC(=O)COc1cccc2c1OC(C)(C)C2. The Morgan fingerprint density at radius 2 is 1.86 bits per heavy atom. The summed E-state index contributed by atoms with van der Waals surface area (Å²) in [6.07, 6.45) is 0.780. The van der Waals surface area contributed by atoms with Crippen molar-refractivity contribution in [3.63, 3.8) is 0 Å². The van der Waals surface area contributed by atoms with Crippen molar-refractivity contribution in [3.8, 4) is 11.5 Å². The number of anilines is 1. The third-order valence-electron chi connectivity index (χ3n) is 4.62. The average Bonchev–Trinajstić information content (AvgIpc) is 2.99. The highest BCUT2D eigenvalue weighted by molar-refractivity contribution is 5.93. The van der Waals surface area contributed by atoms with Gasteiger partial charge < -0.3 is 19.5 Å². The van der Waals surface area contributed by atoms with Crippen LogP contribution >= 0.6 is 0 Å². The lowest BCUT2D eigenvalue weighted by atomic mass is 10.0. The summed E-state index contributed by atoms with van der Waals surface area (Å²) in [4.78, 5) is 24.1. The van der Waals surface area contributed by atoms with Crippen molar-refractivity contribution >= 4 is 17.6 Å². The van der Waals surface area contributed by atoms with E-state index in [9.17, 15) is 9.59 Å². The number of esters is 1. The van der Waals surface area contributed by atoms with Crippen LogP contribution in [0, 0.1) is 0 Å². The summed E-state index contributed by atoms with van der Waals surface area (Å²) in [5.74, 6) is 0.417. The normalized spacial score (nSPS) is 14.1. The fraction of sp³-hybridized carbons (Fsp3) is 0.391. The zero-order chi connectivity index (χ0) is 21.0. The van der Waals surface area contributed by atoms with Gasteiger partial charge in [0.25, 0.3) is 5.91 Å². The van der Waals surface area contributed by atoms with Gasteiger partial charge in [0.2, 0.25) is 0 Å². The average molecular weight is 397 g/mol. The highest BCUT2D eigenvalue weighted by atomic mass is 16.6. The van der Waals surface area contributed by atoms with Gasteiger partial charge in [0.1, 0.15) is 5.60 Å². The maximum Gasteiger partial charge on any atom is 0.344 e. The minimum Gasteiger partial charge on any atom is -0.483 e. The second-order valence-corrected chi connectivity index (χ2v) is 8.02. The number of rotatable bonds is 7. The Hall–Kier alpha value is -3.02. The lowest BCUT2D eigenvalue weighted by Gasteiger charge is -2.18. The summed E-state index contributed by atoms with van der Waals surface area (Å²) < 4.78 is 16.5. The van der Waals surface area contributed by atoms with E-state index in [1.807, 2.05) is 64.1 Å². The van der Waals surface area contributed by atoms with Gasteiger partial charge in [-0.05, 0) is 37.5 Å². The van der Waals surface area contributed by atoms with E-state index in [-0.39, 0.29) is 24.7 Å². The Bertz CT molecular complexity index is 904. The van der Waals surface area contributed by atoms with E-state index in [4.69, 9.17) is 14.2 Å². The maximum absolute atomic E-state index is 12.1. The third kappa shape index (κ3) is 5.28. The topological polar surface area (TPSA) is 73.9 Å². The Morgan fingerprint density at radius 1 is 1.10 bits per heavy atom. The molecule has 6 heteroatoms. The summed E-state index contributed by atoms with van der Waals surface area (Å²) in [6, 6.07) is 13.2. The van der Waals surface area contributed by atoms with Crippen molar-refractivity contribution in [1.82, 2.24) is 0 Å². The molecular formula is C23H27NO5. The summed E-state index contributed by atoms with van der Waals surface area (Å²) in [5.41, 5.74) is 2.49. The molecule has 0 saturated heterocycles. The van der Waals surface area contributed by atoms with Crippen LogP contribution in [0.4, 0.5) is 5.69 Å². The third-order valence-corrected chi connectivity index (χ3v) is 4.62. The highest BCUT2D eigenvalue weighted by Gasteiger charge is 2.32. The number of fused-ring (bicyclic) bond motifs is 1. The van der Waals surface area contributed by atoms with Gasteiger partial charge in [-0.3, -0.25) is 4.79 Å². The number of amides is 1. The van der Waals surface area contributed by atoms with Crippen molar-refractivity contribution in [2.45, 2.75) is 45.6 Å². The molecule has 0 atom stereocenters. The molecule has 3 rings (SSSR count). The van der Waals surface area contributed by atoms with Crippen LogP contribution < -0.4 is 14.8 Å². The molecule has 154 valence electrons. The number of ether oxygens (including phenoxy) is 3. The predicted octanol–water partition coefficient (Wildman–Crippen LogP) is 4.08. The van der Waals surface area contributed by atoms with Crippen molar-refractivity contribution in [2.75, 3.05) is 18.5 Å². The van der Waals surface area contributed by atoms with Gasteiger partial charge in [-0.25, -0.2) is 4.79 Å². The molecule has 2 aromatic carbocycles. The Morgan fingerprint density at radius 3 is 2.62 bits per heavy atom. The van der Waals surface area contributed by atoms with Crippen molar-refractivity contribution in [1.29, 1.82) is 0 Å². The van der Waals surface area contributed by atoms with E-state index in [0.717, 1.165) is 23.2 Å². The molecule has 0 radical (unpaired) electrons. The Kier molecular flexibility index (Phi) is 6.11. The van der Waals surface area contributed by atoms with E-state index in [1.54, 1.807) is 6.07 Å². The second-order valence-electron chi connectivity index (χ2n) is 8.02. The molecule has 2 aromatic rings. The predicted molar refractivity (Wildman–Crippen MR) is 110 cm³/mol. The Labute approximate surface area is 171 Å². The molecule has 0 bridgehead atoms. The highest BCUT2D eigenvalue weighted by Crippen LogP contribution is 2.41. The van der Waals surface area contributed by atoms with Gasteiger partial charge in [-0.1, -0.05) is 44.2 Å². The number of benzene rings is 2. The maximum atomic E-state index is 12.1. The lowest BCUT2D eigenvalue weighted by molar-refractivity contribution is -0.149. The van der Waals surface area contributed by atoms with Gasteiger partial charge in [-0.15, -0.1) is 0 Å². The number of hydrogen-bond donors (Lipinski definition) is 1. The van der Waals surface area contributed by atoms with Crippen LogP contribution in [0.2, 0.25) is 0 Å². The van der Waals surface area contributed by atoms with Crippen LogP contribution in [-0.2, 0) is 20.7 Å². The van der Waals surface area contributed by atoms with Gasteiger partial charge >= 0.3 is 5.97 Å². The molecule has 1 amide bonds. The Balaban J connectivity index is 1.49. The van der Waals surface area contributed by atoms with E-state index < -0.39 is 11.9 Å². The first-order valence-electron chi connectivity index (χ1n) is 9.73. The van der Waals surface area contributed by atoms with E-state index in [1.165, 1.54) is 0 Å². The minimum absolute atomic E-state index is 0.266. The first-order valence-corrected chi connectivity index (χ1v) is 9.73. The number of hydrogen-bond acceptors (Lipinski definition) is 5. The van der Waals surface area contributed by atoms with Crippen LogP contribution in [0.25, 0.3) is 0 Å². The fourth-order valence-corrected chi connectivity index (χ4v) is 3.33. The summed E-state index contributed by atoms with van der Waals surface area (Å²) in [7, 11) is 0. The summed E-state index contributed by atoms with van der Waals surface area (Å²) >= 11 is 0. The van der Waals surface area contributed by atoms with Crippen molar-refractivity contribution in [2.24, 2.45) is 0 Å². The molecule has 0 fully saturated rings. The van der Waals surface area contributed by atoms with Crippen LogP contribution in [0.15, 0.2) is 42.5 Å².